The van der Waals surface area contributed by atoms with Gasteiger partial charge in [0.15, 0.2) is 0 Å². The molecule has 0 radical (unpaired) electrons. The number of anilines is 1. The van der Waals surface area contributed by atoms with Crippen LogP contribution in [0.5, 0.6) is 0 Å². The Bertz CT molecular complexity index is 590. The van der Waals surface area contributed by atoms with Crippen molar-refractivity contribution < 1.29 is 4.79 Å². The summed E-state index contributed by atoms with van der Waals surface area (Å²) in [7, 11) is 0. The number of hydrogen-bond acceptors (Lipinski definition) is 5. The molecule has 2 aromatic heterocycles. The SMILES string of the molecule is CC(NC(=O)c1ccc(Br)cn1)Nc1cnc(Cl)nc1. The molecule has 0 fully saturated rings. The summed E-state index contributed by atoms with van der Waals surface area (Å²) in [6, 6.07) is 3.39. The number of amides is 1. The van der Waals surface area contributed by atoms with Crippen molar-refractivity contribution in [2.24, 2.45) is 0 Å². The first-order chi connectivity index (χ1) is 9.54. The van der Waals surface area contributed by atoms with Gasteiger partial charge in [-0.1, -0.05) is 0 Å². The average molecular weight is 357 g/mol. The number of carbonyl (C=O) groups is 1. The Morgan fingerprint density at radius 1 is 1.25 bits per heavy atom. The summed E-state index contributed by atoms with van der Waals surface area (Å²) in [5, 5.41) is 5.96. The molecule has 0 aliphatic rings. The van der Waals surface area contributed by atoms with Gasteiger partial charge >= 0.3 is 0 Å². The molecule has 0 spiro atoms. The zero-order valence-electron chi connectivity index (χ0n) is 10.5. The third-order valence-corrected chi connectivity index (χ3v) is 2.98. The second-order valence-corrected chi connectivity index (χ2v) is 5.20. The van der Waals surface area contributed by atoms with Crippen molar-refractivity contribution in [3.05, 3.63) is 46.2 Å². The molecule has 0 aliphatic heterocycles. The molecule has 1 amide bonds. The van der Waals surface area contributed by atoms with Crippen LogP contribution >= 0.6 is 27.5 Å². The summed E-state index contributed by atoms with van der Waals surface area (Å²) in [5.74, 6) is -0.271. The minimum absolute atomic E-state index is 0.173. The smallest absolute Gasteiger partial charge is 0.271 e. The lowest BCUT2D eigenvalue weighted by Crippen LogP contribution is -2.38. The molecule has 1 unspecified atom stereocenters. The van der Waals surface area contributed by atoms with E-state index >= 15 is 0 Å². The Kier molecular flexibility index (Phi) is 4.86. The van der Waals surface area contributed by atoms with Crippen LogP contribution < -0.4 is 10.6 Å². The van der Waals surface area contributed by atoms with Crippen LogP contribution in [0.4, 0.5) is 5.69 Å². The van der Waals surface area contributed by atoms with E-state index in [1.165, 1.54) is 12.4 Å². The lowest BCUT2D eigenvalue weighted by molar-refractivity contribution is 0.0939. The fourth-order valence-electron chi connectivity index (χ4n) is 1.45. The van der Waals surface area contributed by atoms with Crippen molar-refractivity contribution in [1.29, 1.82) is 0 Å². The van der Waals surface area contributed by atoms with Gasteiger partial charge in [0.25, 0.3) is 5.91 Å². The highest BCUT2D eigenvalue weighted by Gasteiger charge is 2.10. The Labute approximate surface area is 129 Å². The van der Waals surface area contributed by atoms with Crippen molar-refractivity contribution in [3.8, 4) is 0 Å². The molecule has 0 saturated carbocycles. The minimum Gasteiger partial charge on any atom is -0.363 e. The zero-order chi connectivity index (χ0) is 14.5. The molecule has 20 heavy (non-hydrogen) atoms. The first-order valence-corrected chi connectivity index (χ1v) is 6.88. The van der Waals surface area contributed by atoms with E-state index in [1.807, 2.05) is 0 Å². The van der Waals surface area contributed by atoms with Crippen LogP contribution in [0.2, 0.25) is 5.28 Å². The maximum atomic E-state index is 11.9. The summed E-state index contributed by atoms with van der Waals surface area (Å²) in [6.07, 6.45) is 4.34. The maximum Gasteiger partial charge on any atom is 0.271 e. The molecule has 0 bridgehead atoms. The van der Waals surface area contributed by atoms with Gasteiger partial charge in [0.1, 0.15) is 5.69 Å². The summed E-state index contributed by atoms with van der Waals surface area (Å²) in [6.45, 7) is 1.80. The fourth-order valence-corrected chi connectivity index (χ4v) is 1.79. The predicted octanol–water partition coefficient (Wildman–Crippen LogP) is 2.48. The van der Waals surface area contributed by atoms with E-state index in [2.05, 4.69) is 41.5 Å². The Morgan fingerprint density at radius 2 is 1.95 bits per heavy atom. The second kappa shape index (κ2) is 6.62. The number of halogens is 2. The maximum absolute atomic E-state index is 11.9. The Morgan fingerprint density at radius 3 is 2.55 bits per heavy atom. The molecule has 2 aromatic rings. The van der Waals surface area contributed by atoms with E-state index in [1.54, 1.807) is 25.3 Å². The third kappa shape index (κ3) is 4.14. The highest BCUT2D eigenvalue weighted by Crippen LogP contribution is 2.09. The van der Waals surface area contributed by atoms with E-state index in [-0.39, 0.29) is 17.4 Å². The Hall–Kier alpha value is -1.73. The monoisotopic (exact) mass is 355 g/mol. The van der Waals surface area contributed by atoms with Gasteiger partial charge in [-0.05, 0) is 46.6 Å². The number of pyridine rings is 1. The van der Waals surface area contributed by atoms with Gasteiger partial charge in [-0.2, -0.15) is 0 Å². The minimum atomic E-state index is -0.308. The largest absolute Gasteiger partial charge is 0.363 e. The molecular weight excluding hydrogens is 346 g/mol. The number of aromatic nitrogens is 3. The highest BCUT2D eigenvalue weighted by molar-refractivity contribution is 9.10. The van der Waals surface area contributed by atoms with Crippen molar-refractivity contribution in [3.63, 3.8) is 0 Å². The van der Waals surface area contributed by atoms with Gasteiger partial charge in [-0.3, -0.25) is 4.79 Å². The molecule has 0 aromatic carbocycles. The predicted molar refractivity (Wildman–Crippen MR) is 79.5 cm³/mol. The number of carbonyl (C=O) groups excluding carboxylic acids is 1. The average Bonchev–Trinajstić information content (AvgIpc) is 2.42. The standard InChI is InChI=1S/C12H11BrClN5O/c1-7(18-9-5-16-12(14)17-6-9)19-11(20)10-3-2-8(13)4-15-10/h2-7,18H,1H3,(H,19,20). The molecule has 104 valence electrons. The number of hydrogen-bond donors (Lipinski definition) is 2. The summed E-state index contributed by atoms with van der Waals surface area (Å²) < 4.78 is 0.818. The molecule has 1 atom stereocenters. The van der Waals surface area contributed by atoms with Gasteiger partial charge < -0.3 is 10.6 Å². The van der Waals surface area contributed by atoms with Crippen LogP contribution in [0.15, 0.2) is 35.2 Å². The van der Waals surface area contributed by atoms with E-state index in [9.17, 15) is 4.79 Å². The van der Waals surface area contributed by atoms with E-state index in [0.717, 1.165) is 4.47 Å². The lowest BCUT2D eigenvalue weighted by Gasteiger charge is -2.16. The number of rotatable bonds is 4. The van der Waals surface area contributed by atoms with Crippen LogP contribution in [0.25, 0.3) is 0 Å². The quantitative estimate of drug-likeness (QED) is 0.650. The molecule has 2 heterocycles. The molecule has 2 N–H and O–H groups in total. The molecule has 2 rings (SSSR count). The topological polar surface area (TPSA) is 79.8 Å². The van der Waals surface area contributed by atoms with Gasteiger partial charge in [0.05, 0.1) is 24.2 Å². The molecule has 0 aliphatic carbocycles. The van der Waals surface area contributed by atoms with E-state index in [4.69, 9.17) is 11.6 Å². The highest BCUT2D eigenvalue weighted by atomic mass is 79.9. The number of nitrogens with one attached hydrogen (secondary N) is 2. The first-order valence-electron chi connectivity index (χ1n) is 5.71. The third-order valence-electron chi connectivity index (χ3n) is 2.31. The van der Waals surface area contributed by atoms with Crippen molar-refractivity contribution in [2.75, 3.05) is 5.32 Å². The molecule has 8 heteroatoms. The van der Waals surface area contributed by atoms with Gasteiger partial charge in [0, 0.05) is 10.7 Å². The van der Waals surface area contributed by atoms with Gasteiger partial charge in [-0.25, -0.2) is 15.0 Å². The van der Waals surface area contributed by atoms with Crippen LogP contribution in [-0.4, -0.2) is 27.0 Å². The van der Waals surface area contributed by atoms with Crippen molar-refractivity contribution in [1.82, 2.24) is 20.3 Å². The van der Waals surface area contributed by atoms with E-state index in [0.29, 0.717) is 11.4 Å². The first kappa shape index (κ1) is 14.7. The van der Waals surface area contributed by atoms with Crippen LogP contribution in [0.1, 0.15) is 17.4 Å². The van der Waals surface area contributed by atoms with Crippen molar-refractivity contribution >= 4 is 39.1 Å². The van der Waals surface area contributed by atoms with E-state index < -0.39 is 0 Å². The van der Waals surface area contributed by atoms with Gasteiger partial charge in [-0.15, -0.1) is 0 Å². The van der Waals surface area contributed by atoms with Crippen LogP contribution in [0.3, 0.4) is 0 Å². The zero-order valence-corrected chi connectivity index (χ0v) is 12.8. The van der Waals surface area contributed by atoms with Crippen molar-refractivity contribution in [2.45, 2.75) is 13.1 Å². The number of nitrogens with zero attached hydrogens (tertiary/aromatic N) is 3. The second-order valence-electron chi connectivity index (χ2n) is 3.94. The molecule has 6 nitrogen and oxygen atoms in total. The van der Waals surface area contributed by atoms with Crippen LogP contribution in [0, 0.1) is 0 Å². The Balaban J connectivity index is 1.93. The summed E-state index contributed by atoms with van der Waals surface area (Å²) in [5.41, 5.74) is 1.00. The normalized spacial score (nSPS) is 11.8. The summed E-state index contributed by atoms with van der Waals surface area (Å²) in [4.78, 5) is 23.6. The molecular formula is C12H11BrClN5O. The van der Waals surface area contributed by atoms with Gasteiger partial charge in [0.2, 0.25) is 5.28 Å². The fraction of sp³-hybridized carbons (Fsp3) is 0.167. The lowest BCUT2D eigenvalue weighted by atomic mass is 10.3. The molecule has 0 saturated heterocycles. The van der Waals surface area contributed by atoms with Crippen LogP contribution in [-0.2, 0) is 0 Å². The summed E-state index contributed by atoms with van der Waals surface area (Å²) >= 11 is 8.86.